The molecule has 1 amide bonds. The van der Waals surface area contributed by atoms with Crippen LogP contribution < -0.4 is 10.9 Å². The van der Waals surface area contributed by atoms with E-state index in [2.05, 4.69) is 15.8 Å². The molecule has 1 aromatic rings. The maximum absolute atomic E-state index is 12.3. The number of rotatable bonds is 3. The molecule has 0 spiro atoms. The van der Waals surface area contributed by atoms with Gasteiger partial charge in [0.1, 0.15) is 0 Å². The van der Waals surface area contributed by atoms with Crippen molar-refractivity contribution in [1.82, 2.24) is 10.4 Å². The fourth-order valence-corrected chi connectivity index (χ4v) is 1.16. The molecule has 1 heterocycles. The zero-order valence-electron chi connectivity index (χ0n) is 9.60. The molecule has 0 atom stereocenters. The summed E-state index contributed by atoms with van der Waals surface area (Å²) in [6.45, 7) is 3.33. The first-order valence-electron chi connectivity index (χ1n) is 5.00. The van der Waals surface area contributed by atoms with Crippen LogP contribution in [0.3, 0.4) is 0 Å². The second-order valence-corrected chi connectivity index (χ2v) is 4.23. The first kappa shape index (κ1) is 14.6. The van der Waals surface area contributed by atoms with Gasteiger partial charge in [-0.3, -0.25) is 15.6 Å². The van der Waals surface area contributed by atoms with E-state index in [-0.39, 0.29) is 22.7 Å². The van der Waals surface area contributed by atoms with Crippen LogP contribution in [0.4, 0.5) is 19.0 Å². The molecule has 0 aliphatic rings. The van der Waals surface area contributed by atoms with Gasteiger partial charge in [-0.15, -0.1) is 0 Å². The summed E-state index contributed by atoms with van der Waals surface area (Å²) in [5.41, 5.74) is 3.69. The van der Waals surface area contributed by atoms with E-state index in [4.69, 9.17) is 11.6 Å². The Kier molecular flexibility index (Phi) is 4.39. The fourth-order valence-electron chi connectivity index (χ4n) is 0.950. The number of aromatic nitrogens is 1. The van der Waals surface area contributed by atoms with Crippen molar-refractivity contribution in [2.45, 2.75) is 20.0 Å². The van der Waals surface area contributed by atoms with Crippen molar-refractivity contribution >= 4 is 23.3 Å². The maximum atomic E-state index is 12.3. The summed E-state index contributed by atoms with van der Waals surface area (Å²) < 4.78 is 37.0. The van der Waals surface area contributed by atoms with Crippen molar-refractivity contribution < 1.29 is 18.0 Å². The van der Waals surface area contributed by atoms with Gasteiger partial charge in [0.05, 0.1) is 10.6 Å². The van der Waals surface area contributed by atoms with Crippen molar-refractivity contribution in [1.29, 1.82) is 0 Å². The van der Waals surface area contributed by atoms with E-state index in [1.807, 2.05) is 0 Å². The molecule has 0 saturated carbocycles. The zero-order valence-corrected chi connectivity index (χ0v) is 10.4. The molecule has 1 rings (SSSR count). The molecule has 0 aliphatic heterocycles. The molecule has 100 valence electrons. The molecule has 4 nitrogen and oxygen atoms in total. The first-order valence-corrected chi connectivity index (χ1v) is 5.38. The number of halogens is 4. The highest BCUT2D eigenvalue weighted by Crippen LogP contribution is 2.32. The summed E-state index contributed by atoms with van der Waals surface area (Å²) in [4.78, 5) is 14.7. The number of carbonyl (C=O) groups excluding carboxylic acids is 1. The predicted octanol–water partition coefficient (Wildman–Crippen LogP) is 2.85. The van der Waals surface area contributed by atoms with Gasteiger partial charge >= 0.3 is 6.18 Å². The van der Waals surface area contributed by atoms with Crippen molar-refractivity contribution in [3.8, 4) is 0 Å². The molecule has 1 aromatic heterocycles. The number of pyridine rings is 1. The minimum atomic E-state index is -4.50. The molecule has 8 heteroatoms. The minimum absolute atomic E-state index is 0.0429. The molecule has 2 N–H and O–H groups in total. The topological polar surface area (TPSA) is 54.0 Å². The summed E-state index contributed by atoms with van der Waals surface area (Å²) >= 11 is 5.62. The van der Waals surface area contributed by atoms with Gasteiger partial charge in [-0.25, -0.2) is 4.98 Å². The second kappa shape index (κ2) is 5.43. The summed E-state index contributed by atoms with van der Waals surface area (Å²) in [6, 6.07) is 0.735. The number of carbonyl (C=O) groups is 1. The monoisotopic (exact) mass is 281 g/mol. The summed E-state index contributed by atoms with van der Waals surface area (Å²) in [7, 11) is 0. The molecule has 0 aromatic carbocycles. The lowest BCUT2D eigenvalue weighted by atomic mass is 10.2. The number of nitrogens with zero attached hydrogens (tertiary/aromatic N) is 1. The van der Waals surface area contributed by atoms with Crippen molar-refractivity contribution in [3.05, 3.63) is 22.8 Å². The van der Waals surface area contributed by atoms with E-state index in [9.17, 15) is 18.0 Å². The van der Waals surface area contributed by atoms with Crippen LogP contribution in [0.15, 0.2) is 12.3 Å². The molecular weight excluding hydrogens is 271 g/mol. The lowest BCUT2D eigenvalue weighted by Crippen LogP contribution is -2.33. The molecule has 0 aliphatic carbocycles. The van der Waals surface area contributed by atoms with Crippen LogP contribution in [0.2, 0.25) is 5.02 Å². The lowest BCUT2D eigenvalue weighted by molar-refractivity contribution is -0.137. The smallest absolute Gasteiger partial charge is 0.281 e. The van der Waals surface area contributed by atoms with Gasteiger partial charge in [-0.1, -0.05) is 25.4 Å². The van der Waals surface area contributed by atoms with Gasteiger partial charge < -0.3 is 0 Å². The van der Waals surface area contributed by atoms with Crippen LogP contribution in [0, 0.1) is 5.92 Å². The highest BCUT2D eigenvalue weighted by atomic mass is 35.5. The average Bonchev–Trinajstić information content (AvgIpc) is 2.25. The summed E-state index contributed by atoms with van der Waals surface area (Å²) in [5, 5.41) is -0.228. The Labute approximate surface area is 107 Å². The molecule has 0 bridgehead atoms. The maximum Gasteiger partial charge on any atom is 0.417 e. The molecular formula is C10H11ClF3N3O. The van der Waals surface area contributed by atoms with Crippen LogP contribution in [-0.4, -0.2) is 10.9 Å². The number of hydrazine groups is 1. The zero-order chi connectivity index (χ0) is 13.9. The third kappa shape index (κ3) is 3.76. The van der Waals surface area contributed by atoms with Crippen molar-refractivity contribution in [2.75, 3.05) is 5.43 Å². The third-order valence-electron chi connectivity index (χ3n) is 2.00. The van der Waals surface area contributed by atoms with Crippen LogP contribution in [0.25, 0.3) is 0 Å². The highest BCUT2D eigenvalue weighted by Gasteiger charge is 2.31. The van der Waals surface area contributed by atoms with Crippen LogP contribution in [-0.2, 0) is 11.0 Å². The van der Waals surface area contributed by atoms with E-state index in [0.29, 0.717) is 6.20 Å². The number of nitrogens with one attached hydrogen (secondary N) is 2. The van der Waals surface area contributed by atoms with Crippen molar-refractivity contribution in [2.24, 2.45) is 5.92 Å². The van der Waals surface area contributed by atoms with E-state index < -0.39 is 11.7 Å². The Hall–Kier alpha value is -1.50. The Morgan fingerprint density at radius 2 is 2.06 bits per heavy atom. The molecule has 18 heavy (non-hydrogen) atoms. The minimum Gasteiger partial charge on any atom is -0.281 e. The molecule has 0 fully saturated rings. The van der Waals surface area contributed by atoms with E-state index in [0.717, 1.165) is 6.07 Å². The third-order valence-corrected chi connectivity index (χ3v) is 2.29. The van der Waals surface area contributed by atoms with Gasteiger partial charge in [-0.05, 0) is 6.07 Å². The van der Waals surface area contributed by atoms with Crippen molar-refractivity contribution in [3.63, 3.8) is 0 Å². The van der Waals surface area contributed by atoms with Gasteiger partial charge in [0, 0.05) is 12.1 Å². The van der Waals surface area contributed by atoms with E-state index in [1.165, 1.54) is 0 Å². The summed E-state index contributed by atoms with van der Waals surface area (Å²) in [5.74, 6) is -0.642. The van der Waals surface area contributed by atoms with E-state index >= 15 is 0 Å². The van der Waals surface area contributed by atoms with Crippen LogP contribution >= 0.6 is 11.6 Å². The Balaban J connectivity index is 2.78. The first-order chi connectivity index (χ1) is 8.21. The number of hydrogen-bond acceptors (Lipinski definition) is 3. The average molecular weight is 282 g/mol. The largest absolute Gasteiger partial charge is 0.417 e. The SMILES string of the molecule is CC(C)C(=O)NNc1ncc(C(F)(F)F)cc1Cl. The Morgan fingerprint density at radius 3 is 2.50 bits per heavy atom. The van der Waals surface area contributed by atoms with Gasteiger partial charge in [-0.2, -0.15) is 13.2 Å². The number of alkyl halides is 3. The summed E-state index contributed by atoms with van der Waals surface area (Å²) in [6.07, 6.45) is -3.87. The molecule has 0 radical (unpaired) electrons. The number of anilines is 1. The van der Waals surface area contributed by atoms with Crippen LogP contribution in [0.5, 0.6) is 0 Å². The van der Waals surface area contributed by atoms with Crippen LogP contribution in [0.1, 0.15) is 19.4 Å². The quantitative estimate of drug-likeness (QED) is 0.838. The van der Waals surface area contributed by atoms with Gasteiger partial charge in [0.15, 0.2) is 5.82 Å². The number of hydrogen-bond donors (Lipinski definition) is 2. The van der Waals surface area contributed by atoms with E-state index in [1.54, 1.807) is 13.8 Å². The Morgan fingerprint density at radius 1 is 1.44 bits per heavy atom. The standard InChI is InChI=1S/C10H11ClF3N3O/c1-5(2)9(18)17-16-8-7(11)3-6(4-15-8)10(12,13)14/h3-5H,1-2H3,(H,15,16)(H,17,18). The normalized spacial score (nSPS) is 11.5. The predicted molar refractivity (Wildman–Crippen MR) is 60.9 cm³/mol. The highest BCUT2D eigenvalue weighted by molar-refractivity contribution is 6.33. The molecule has 0 unspecified atom stereocenters. The van der Waals surface area contributed by atoms with Gasteiger partial charge in [0.2, 0.25) is 5.91 Å². The molecule has 0 saturated heterocycles. The van der Waals surface area contributed by atoms with Gasteiger partial charge in [0.25, 0.3) is 0 Å². The fraction of sp³-hybridized carbons (Fsp3) is 0.400. The number of amides is 1. The second-order valence-electron chi connectivity index (χ2n) is 3.82. The lowest BCUT2D eigenvalue weighted by Gasteiger charge is -2.12. The Bertz CT molecular complexity index is 448.